The molecule has 0 aliphatic carbocycles. The van der Waals surface area contributed by atoms with Crippen molar-refractivity contribution in [3.05, 3.63) is 41.6 Å². The number of hydrogen-bond acceptors (Lipinski definition) is 2. The summed E-state index contributed by atoms with van der Waals surface area (Å²) in [5.74, 6) is -0.938. The smallest absolute Gasteiger partial charge is 0.434 e. The zero-order chi connectivity index (χ0) is 16.5. The first-order valence-electron chi connectivity index (χ1n) is 6.04. The molecule has 22 heavy (non-hydrogen) atoms. The summed E-state index contributed by atoms with van der Waals surface area (Å²) in [4.78, 5) is 17.2. The molecule has 118 valence electrons. The Morgan fingerprint density at radius 2 is 2.14 bits per heavy atom. The zero-order valence-corrected chi connectivity index (χ0v) is 11.3. The van der Waals surface area contributed by atoms with Gasteiger partial charge in [-0.25, -0.2) is 9.18 Å². The Labute approximate surface area is 122 Å². The lowest BCUT2D eigenvalue weighted by Crippen LogP contribution is -2.24. The Hall–Kier alpha value is -2.58. The number of hydrogen-bond donors (Lipinski definition) is 2. The number of nitrogens with one attached hydrogen (secondary N) is 1. The maximum atomic E-state index is 14.3. The number of H-pyrrole nitrogens is 1. The van der Waals surface area contributed by atoms with Crippen molar-refractivity contribution in [3.8, 4) is 11.3 Å². The van der Waals surface area contributed by atoms with Crippen molar-refractivity contribution in [2.45, 2.75) is 12.7 Å². The number of amides is 1. The van der Waals surface area contributed by atoms with Crippen LogP contribution in [-0.4, -0.2) is 33.1 Å². The van der Waals surface area contributed by atoms with E-state index in [-0.39, 0.29) is 17.8 Å². The van der Waals surface area contributed by atoms with Crippen molar-refractivity contribution in [2.24, 2.45) is 0 Å². The lowest BCUT2D eigenvalue weighted by molar-refractivity contribution is -0.140. The van der Waals surface area contributed by atoms with Crippen LogP contribution in [0, 0.1) is 5.82 Å². The first-order chi connectivity index (χ1) is 10.2. The van der Waals surface area contributed by atoms with E-state index in [2.05, 4.69) is 9.97 Å². The average molecular weight is 317 g/mol. The number of carbonyl (C=O) groups is 1. The van der Waals surface area contributed by atoms with Gasteiger partial charge in [0.25, 0.3) is 0 Å². The summed E-state index contributed by atoms with van der Waals surface area (Å²) in [5, 5.41) is 8.74. The summed E-state index contributed by atoms with van der Waals surface area (Å²) >= 11 is 0. The van der Waals surface area contributed by atoms with Crippen LogP contribution >= 0.6 is 0 Å². The third-order valence-electron chi connectivity index (χ3n) is 2.97. The molecule has 0 unspecified atom stereocenters. The third kappa shape index (κ3) is 3.02. The molecule has 0 bridgehead atoms. The van der Waals surface area contributed by atoms with Crippen molar-refractivity contribution in [1.29, 1.82) is 0 Å². The molecule has 0 saturated carbocycles. The van der Waals surface area contributed by atoms with Crippen molar-refractivity contribution >= 4 is 6.09 Å². The maximum absolute atomic E-state index is 14.3. The first-order valence-corrected chi connectivity index (χ1v) is 6.04. The molecule has 0 aliphatic heterocycles. The van der Waals surface area contributed by atoms with E-state index in [4.69, 9.17) is 5.11 Å². The Kier molecular flexibility index (Phi) is 4.07. The fraction of sp³-hybridized carbons (Fsp3) is 0.231. The molecule has 0 spiro atoms. The fourth-order valence-electron chi connectivity index (χ4n) is 1.91. The standard InChI is InChI=1S/C13H11F4N3O2/c1-20(12(21)22)6-7-5-19-10(9(7)14)8-3-2-4-18-11(8)13(15,16)17/h2-5,19H,6H2,1H3,(H,21,22). The number of carboxylic acid groups (broad SMARTS) is 1. The molecule has 2 aromatic rings. The molecular formula is C13H11F4N3O2. The van der Waals surface area contributed by atoms with E-state index in [1.165, 1.54) is 13.1 Å². The van der Waals surface area contributed by atoms with Crippen molar-refractivity contribution in [2.75, 3.05) is 7.05 Å². The molecule has 0 radical (unpaired) electrons. The van der Waals surface area contributed by atoms with Gasteiger partial charge in [0, 0.05) is 30.6 Å². The van der Waals surface area contributed by atoms with Crippen LogP contribution < -0.4 is 0 Å². The second-order valence-electron chi connectivity index (χ2n) is 4.54. The predicted molar refractivity (Wildman–Crippen MR) is 68.5 cm³/mol. The van der Waals surface area contributed by atoms with Gasteiger partial charge in [-0.2, -0.15) is 13.2 Å². The van der Waals surface area contributed by atoms with Crippen LogP contribution in [0.1, 0.15) is 11.3 Å². The van der Waals surface area contributed by atoms with Gasteiger partial charge in [0.1, 0.15) is 0 Å². The molecule has 2 aromatic heterocycles. The summed E-state index contributed by atoms with van der Waals surface area (Å²) in [6.45, 7) is -0.292. The van der Waals surface area contributed by atoms with Crippen LogP contribution in [0.5, 0.6) is 0 Å². The highest BCUT2D eigenvalue weighted by Gasteiger charge is 2.36. The van der Waals surface area contributed by atoms with E-state index in [1.807, 2.05) is 0 Å². The summed E-state index contributed by atoms with van der Waals surface area (Å²) in [6.07, 6.45) is -3.91. The normalized spacial score (nSPS) is 11.5. The van der Waals surface area contributed by atoms with Crippen LogP contribution in [0.25, 0.3) is 11.3 Å². The summed E-state index contributed by atoms with van der Waals surface area (Å²) < 4.78 is 53.0. The molecule has 2 N–H and O–H groups in total. The molecule has 2 heterocycles. The van der Waals surface area contributed by atoms with E-state index in [0.717, 1.165) is 23.4 Å². The van der Waals surface area contributed by atoms with E-state index in [1.54, 1.807) is 0 Å². The minimum atomic E-state index is -4.73. The van der Waals surface area contributed by atoms with E-state index in [9.17, 15) is 22.4 Å². The van der Waals surface area contributed by atoms with Crippen LogP contribution in [0.4, 0.5) is 22.4 Å². The largest absolute Gasteiger partial charge is 0.465 e. The van der Waals surface area contributed by atoms with Gasteiger partial charge in [0.2, 0.25) is 0 Å². The zero-order valence-electron chi connectivity index (χ0n) is 11.3. The van der Waals surface area contributed by atoms with Crippen LogP contribution in [0.15, 0.2) is 24.5 Å². The number of nitrogens with zero attached hydrogens (tertiary/aromatic N) is 2. The minimum Gasteiger partial charge on any atom is -0.465 e. The Bertz CT molecular complexity index is 697. The van der Waals surface area contributed by atoms with Crippen LogP contribution in [0.2, 0.25) is 0 Å². The number of rotatable bonds is 3. The molecule has 2 rings (SSSR count). The number of aromatic amines is 1. The van der Waals surface area contributed by atoms with Gasteiger partial charge in [-0.1, -0.05) is 0 Å². The van der Waals surface area contributed by atoms with E-state index >= 15 is 0 Å². The lowest BCUT2D eigenvalue weighted by atomic mass is 10.1. The fourth-order valence-corrected chi connectivity index (χ4v) is 1.91. The van der Waals surface area contributed by atoms with E-state index < -0.39 is 29.3 Å². The summed E-state index contributed by atoms with van der Waals surface area (Å²) in [7, 11) is 1.22. The van der Waals surface area contributed by atoms with Crippen LogP contribution in [0.3, 0.4) is 0 Å². The Morgan fingerprint density at radius 3 is 2.73 bits per heavy atom. The first kappa shape index (κ1) is 15.8. The molecule has 0 saturated heterocycles. The number of alkyl halides is 3. The Morgan fingerprint density at radius 1 is 1.45 bits per heavy atom. The van der Waals surface area contributed by atoms with E-state index in [0.29, 0.717) is 0 Å². The predicted octanol–water partition coefficient (Wildman–Crippen LogP) is 3.34. The molecule has 1 amide bonds. The highest BCUT2D eigenvalue weighted by molar-refractivity contribution is 5.66. The summed E-state index contributed by atoms with van der Waals surface area (Å²) in [6, 6.07) is 2.35. The highest BCUT2D eigenvalue weighted by Crippen LogP contribution is 2.36. The minimum absolute atomic E-state index is 0.0584. The quantitative estimate of drug-likeness (QED) is 0.853. The Balaban J connectivity index is 2.44. The number of pyridine rings is 1. The lowest BCUT2D eigenvalue weighted by Gasteiger charge is -2.12. The molecule has 0 aliphatic rings. The molecule has 0 atom stereocenters. The maximum Gasteiger partial charge on any atom is 0.434 e. The third-order valence-corrected chi connectivity index (χ3v) is 2.97. The SMILES string of the molecule is CN(Cc1c[nH]c(-c2cccnc2C(F)(F)F)c1F)C(=O)O. The van der Waals surface area contributed by atoms with Gasteiger partial charge in [0.05, 0.1) is 12.2 Å². The van der Waals surface area contributed by atoms with Gasteiger partial charge in [0.15, 0.2) is 11.5 Å². The molecular weight excluding hydrogens is 306 g/mol. The summed E-state index contributed by atoms with van der Waals surface area (Å²) in [5.41, 5.74) is -2.09. The second-order valence-corrected chi connectivity index (χ2v) is 4.54. The number of halogens is 4. The highest BCUT2D eigenvalue weighted by atomic mass is 19.4. The molecule has 5 nitrogen and oxygen atoms in total. The van der Waals surface area contributed by atoms with Crippen LogP contribution in [-0.2, 0) is 12.7 Å². The van der Waals surface area contributed by atoms with Crippen molar-refractivity contribution in [1.82, 2.24) is 14.9 Å². The van der Waals surface area contributed by atoms with Gasteiger partial charge < -0.3 is 15.0 Å². The van der Waals surface area contributed by atoms with Gasteiger partial charge in [-0.05, 0) is 12.1 Å². The topological polar surface area (TPSA) is 69.2 Å². The average Bonchev–Trinajstić information content (AvgIpc) is 2.79. The van der Waals surface area contributed by atoms with Crippen molar-refractivity contribution < 1.29 is 27.5 Å². The molecule has 9 heteroatoms. The van der Waals surface area contributed by atoms with Gasteiger partial charge in [-0.15, -0.1) is 0 Å². The molecule has 0 aromatic carbocycles. The number of aromatic nitrogens is 2. The van der Waals surface area contributed by atoms with Gasteiger partial charge >= 0.3 is 12.3 Å². The second kappa shape index (κ2) is 5.66. The monoisotopic (exact) mass is 317 g/mol. The van der Waals surface area contributed by atoms with Crippen molar-refractivity contribution in [3.63, 3.8) is 0 Å². The van der Waals surface area contributed by atoms with Gasteiger partial charge in [-0.3, -0.25) is 4.98 Å². The molecule has 0 fully saturated rings.